The number of benzene rings is 2. The molecule has 0 unspecified atom stereocenters. The van der Waals surface area contributed by atoms with Crippen molar-refractivity contribution < 1.29 is 19.1 Å². The molecule has 8 heteroatoms. The quantitative estimate of drug-likeness (QED) is 0.604. The summed E-state index contributed by atoms with van der Waals surface area (Å²) >= 11 is 0. The summed E-state index contributed by atoms with van der Waals surface area (Å²) in [6.45, 7) is 4.84. The predicted molar refractivity (Wildman–Crippen MR) is 119 cm³/mol. The lowest BCUT2D eigenvalue weighted by Crippen LogP contribution is -2.40. The number of anilines is 2. The molecule has 8 nitrogen and oxygen atoms in total. The van der Waals surface area contributed by atoms with Crippen LogP contribution in [0.1, 0.15) is 34.1 Å². The van der Waals surface area contributed by atoms with E-state index in [0.717, 1.165) is 6.42 Å². The van der Waals surface area contributed by atoms with E-state index < -0.39 is 0 Å². The Balaban J connectivity index is 1.54. The van der Waals surface area contributed by atoms with E-state index in [1.54, 1.807) is 53.4 Å². The van der Waals surface area contributed by atoms with Crippen LogP contribution >= 0.6 is 0 Å². The normalized spacial score (nSPS) is 13.4. The Morgan fingerprint density at radius 2 is 1.65 bits per heavy atom. The third kappa shape index (κ3) is 6.55. The zero-order valence-corrected chi connectivity index (χ0v) is 17.6. The van der Waals surface area contributed by atoms with Crippen LogP contribution in [0.2, 0.25) is 0 Å². The highest BCUT2D eigenvalue weighted by molar-refractivity contribution is 5.98. The molecule has 0 atom stereocenters. The van der Waals surface area contributed by atoms with Gasteiger partial charge in [0.1, 0.15) is 0 Å². The predicted octanol–water partition coefficient (Wildman–Crippen LogP) is 2.35. The number of carbonyl (C=O) groups excluding carboxylic acids is 3. The molecule has 2 aromatic rings. The molecule has 2 aromatic carbocycles. The molecule has 0 bridgehead atoms. The van der Waals surface area contributed by atoms with Gasteiger partial charge in [-0.2, -0.15) is 0 Å². The topological polar surface area (TPSA) is 99.8 Å². The number of hydrogen-bond acceptors (Lipinski definition) is 5. The third-order valence-corrected chi connectivity index (χ3v) is 4.80. The van der Waals surface area contributed by atoms with Crippen LogP contribution in [0.25, 0.3) is 0 Å². The van der Waals surface area contributed by atoms with Gasteiger partial charge in [-0.1, -0.05) is 19.1 Å². The molecule has 0 spiro atoms. The summed E-state index contributed by atoms with van der Waals surface area (Å²) in [5, 5.41) is 8.65. The van der Waals surface area contributed by atoms with Crippen molar-refractivity contribution in [3.8, 4) is 0 Å². The van der Waals surface area contributed by atoms with Crippen LogP contribution in [-0.2, 0) is 9.53 Å². The molecule has 3 N–H and O–H groups in total. The van der Waals surface area contributed by atoms with Crippen molar-refractivity contribution in [1.82, 2.24) is 10.2 Å². The summed E-state index contributed by atoms with van der Waals surface area (Å²) < 4.78 is 5.28. The first kappa shape index (κ1) is 22.3. The number of amides is 3. The highest BCUT2D eigenvalue weighted by Gasteiger charge is 2.18. The molecule has 1 aliphatic heterocycles. The van der Waals surface area contributed by atoms with Crippen LogP contribution in [0, 0.1) is 0 Å². The van der Waals surface area contributed by atoms with Crippen LogP contribution in [-0.4, -0.2) is 62.0 Å². The first-order valence-electron chi connectivity index (χ1n) is 10.5. The molecule has 1 saturated heterocycles. The van der Waals surface area contributed by atoms with Gasteiger partial charge in [-0.15, -0.1) is 0 Å². The molecule has 3 rings (SSSR count). The number of rotatable bonds is 8. The Hall–Kier alpha value is -3.39. The second-order valence-corrected chi connectivity index (χ2v) is 7.22. The van der Waals surface area contributed by atoms with E-state index >= 15 is 0 Å². The maximum Gasteiger partial charge on any atom is 0.254 e. The van der Waals surface area contributed by atoms with Gasteiger partial charge < -0.3 is 25.6 Å². The number of morpholine rings is 1. The summed E-state index contributed by atoms with van der Waals surface area (Å²) in [4.78, 5) is 38.8. The van der Waals surface area contributed by atoms with Crippen LogP contribution < -0.4 is 16.0 Å². The Kier molecular flexibility index (Phi) is 8.00. The van der Waals surface area contributed by atoms with Crippen molar-refractivity contribution in [2.45, 2.75) is 13.3 Å². The van der Waals surface area contributed by atoms with E-state index in [-0.39, 0.29) is 24.3 Å². The van der Waals surface area contributed by atoms with Gasteiger partial charge in [-0.3, -0.25) is 14.4 Å². The zero-order valence-electron chi connectivity index (χ0n) is 17.6. The van der Waals surface area contributed by atoms with Crippen molar-refractivity contribution in [3.63, 3.8) is 0 Å². The van der Waals surface area contributed by atoms with Gasteiger partial charge in [0.2, 0.25) is 5.91 Å². The second-order valence-electron chi connectivity index (χ2n) is 7.22. The molecule has 0 aromatic heterocycles. The van der Waals surface area contributed by atoms with Crippen LogP contribution in [0.15, 0.2) is 48.5 Å². The molecule has 0 radical (unpaired) electrons. The van der Waals surface area contributed by atoms with E-state index in [0.29, 0.717) is 55.3 Å². The van der Waals surface area contributed by atoms with Gasteiger partial charge in [-0.25, -0.2) is 0 Å². The lowest BCUT2D eigenvalue weighted by molar-refractivity contribution is -0.114. The number of nitrogens with zero attached hydrogens (tertiary/aromatic N) is 1. The van der Waals surface area contributed by atoms with E-state index in [9.17, 15) is 14.4 Å². The minimum absolute atomic E-state index is 0.0294. The molecule has 1 aliphatic rings. The molecule has 0 aliphatic carbocycles. The monoisotopic (exact) mass is 424 g/mol. The van der Waals surface area contributed by atoms with Crippen LogP contribution in [0.5, 0.6) is 0 Å². The second kappa shape index (κ2) is 11.1. The van der Waals surface area contributed by atoms with Crippen molar-refractivity contribution in [1.29, 1.82) is 0 Å². The van der Waals surface area contributed by atoms with E-state index in [4.69, 9.17) is 4.74 Å². The average molecular weight is 425 g/mol. The fourth-order valence-corrected chi connectivity index (χ4v) is 3.18. The van der Waals surface area contributed by atoms with Gasteiger partial charge in [0, 0.05) is 42.1 Å². The molecule has 1 heterocycles. The molecule has 0 saturated carbocycles. The fourth-order valence-electron chi connectivity index (χ4n) is 3.18. The van der Waals surface area contributed by atoms with Gasteiger partial charge in [0.15, 0.2) is 0 Å². The Labute approximate surface area is 182 Å². The maximum atomic E-state index is 12.6. The van der Waals surface area contributed by atoms with Gasteiger partial charge >= 0.3 is 0 Å². The van der Waals surface area contributed by atoms with Gasteiger partial charge in [0.25, 0.3) is 11.8 Å². The summed E-state index contributed by atoms with van der Waals surface area (Å²) in [6.07, 6.45) is 0.864. The largest absolute Gasteiger partial charge is 0.378 e. The number of ether oxygens (including phenoxy) is 1. The van der Waals surface area contributed by atoms with Crippen molar-refractivity contribution >= 4 is 29.1 Å². The minimum Gasteiger partial charge on any atom is -0.378 e. The summed E-state index contributed by atoms with van der Waals surface area (Å²) in [5.74, 6) is -0.468. The SMILES string of the molecule is CCCNC(=O)c1cccc(NCC(=O)Nc2cccc(C(=O)N3CCOCC3)c2)c1. The average Bonchev–Trinajstić information content (AvgIpc) is 2.81. The first-order valence-corrected chi connectivity index (χ1v) is 10.5. The summed E-state index contributed by atoms with van der Waals surface area (Å²) in [5.41, 5.74) is 2.29. The van der Waals surface area contributed by atoms with E-state index in [2.05, 4.69) is 16.0 Å². The highest BCUT2D eigenvalue weighted by Crippen LogP contribution is 2.14. The number of carbonyl (C=O) groups is 3. The van der Waals surface area contributed by atoms with Crippen LogP contribution in [0.4, 0.5) is 11.4 Å². The highest BCUT2D eigenvalue weighted by atomic mass is 16.5. The summed E-state index contributed by atoms with van der Waals surface area (Å²) in [7, 11) is 0. The molecular formula is C23H28N4O4. The summed E-state index contributed by atoms with van der Waals surface area (Å²) in [6, 6.07) is 13.9. The van der Waals surface area contributed by atoms with Crippen molar-refractivity contribution in [3.05, 3.63) is 59.7 Å². The Morgan fingerprint density at radius 3 is 2.39 bits per heavy atom. The maximum absolute atomic E-state index is 12.6. The Morgan fingerprint density at radius 1 is 0.968 bits per heavy atom. The standard InChI is InChI=1S/C23H28N4O4/c1-2-9-24-22(29)17-5-3-7-19(14-17)25-16-21(28)26-20-8-4-6-18(15-20)23(30)27-10-12-31-13-11-27/h3-8,14-15,25H,2,9-13,16H2,1H3,(H,24,29)(H,26,28). The third-order valence-electron chi connectivity index (χ3n) is 4.80. The number of hydrogen-bond donors (Lipinski definition) is 3. The van der Waals surface area contributed by atoms with E-state index in [1.165, 1.54) is 0 Å². The molecule has 3 amide bonds. The lowest BCUT2D eigenvalue weighted by atomic mass is 10.1. The Bertz CT molecular complexity index is 925. The van der Waals surface area contributed by atoms with Crippen LogP contribution in [0.3, 0.4) is 0 Å². The van der Waals surface area contributed by atoms with Gasteiger partial charge in [0.05, 0.1) is 19.8 Å². The number of nitrogens with one attached hydrogen (secondary N) is 3. The smallest absolute Gasteiger partial charge is 0.254 e. The fraction of sp³-hybridized carbons (Fsp3) is 0.348. The lowest BCUT2D eigenvalue weighted by Gasteiger charge is -2.27. The van der Waals surface area contributed by atoms with Crippen molar-refractivity contribution in [2.24, 2.45) is 0 Å². The molecule has 1 fully saturated rings. The molecule has 31 heavy (non-hydrogen) atoms. The zero-order chi connectivity index (χ0) is 22.1. The van der Waals surface area contributed by atoms with Gasteiger partial charge in [-0.05, 0) is 42.8 Å². The first-order chi connectivity index (χ1) is 15.1. The molecule has 164 valence electrons. The minimum atomic E-state index is -0.253. The van der Waals surface area contributed by atoms with Crippen molar-refractivity contribution in [2.75, 3.05) is 50.0 Å². The molecular weight excluding hydrogens is 396 g/mol. The van der Waals surface area contributed by atoms with E-state index in [1.807, 2.05) is 6.92 Å².